The standard InChI is InChI=1S/C19H22N4O2S/c1-2-25-16-7-4-3-6-15(16)14-17-18(24)21-19(26-17)23-12-10-22(11-13-23)9-5-8-20/h3-4,6-7,14H,2,5,9-13H2,1H3/p+1/b17-14+. The van der Waals surface area contributed by atoms with E-state index in [2.05, 4.69) is 16.0 Å². The molecule has 7 heteroatoms. The Morgan fingerprint density at radius 3 is 2.88 bits per heavy atom. The minimum atomic E-state index is -0.185. The first-order valence-corrected chi connectivity index (χ1v) is 9.72. The number of benzene rings is 1. The molecule has 2 heterocycles. The molecule has 2 aliphatic rings. The fraction of sp³-hybridized carbons (Fsp3) is 0.421. The van der Waals surface area contributed by atoms with Gasteiger partial charge in [0.15, 0.2) is 5.17 Å². The molecule has 6 nitrogen and oxygen atoms in total. The van der Waals surface area contributed by atoms with Gasteiger partial charge in [-0.3, -0.25) is 4.79 Å². The second-order valence-corrected chi connectivity index (χ2v) is 7.19. The van der Waals surface area contributed by atoms with E-state index in [4.69, 9.17) is 10.00 Å². The predicted molar refractivity (Wildman–Crippen MR) is 103 cm³/mol. The van der Waals surface area contributed by atoms with E-state index in [1.165, 1.54) is 16.7 Å². The van der Waals surface area contributed by atoms with Gasteiger partial charge in [-0.2, -0.15) is 10.3 Å². The molecule has 0 aliphatic carbocycles. The van der Waals surface area contributed by atoms with Crippen LogP contribution >= 0.6 is 11.8 Å². The number of thioether (sulfide) groups is 1. The topological polar surface area (TPSA) is 70.1 Å². The van der Waals surface area contributed by atoms with Crippen LogP contribution in [0.1, 0.15) is 18.9 Å². The van der Waals surface area contributed by atoms with Gasteiger partial charge in [0.25, 0.3) is 5.91 Å². The predicted octanol–water partition coefficient (Wildman–Crippen LogP) is 1.17. The van der Waals surface area contributed by atoms with Gasteiger partial charge >= 0.3 is 0 Å². The molecule has 0 spiro atoms. The van der Waals surface area contributed by atoms with Crippen molar-refractivity contribution in [1.82, 2.24) is 4.90 Å². The van der Waals surface area contributed by atoms with E-state index in [-0.39, 0.29) is 5.91 Å². The smallest absolute Gasteiger partial charge is 0.286 e. The molecule has 1 N–H and O–H groups in total. The molecule has 0 unspecified atom stereocenters. The van der Waals surface area contributed by atoms with Gasteiger partial charge in [-0.05, 0) is 30.8 Å². The molecule has 2 aliphatic heterocycles. The maximum Gasteiger partial charge on any atom is 0.286 e. The van der Waals surface area contributed by atoms with Gasteiger partial charge < -0.3 is 14.5 Å². The summed E-state index contributed by atoms with van der Waals surface area (Å²) in [7, 11) is 0. The lowest BCUT2D eigenvalue weighted by molar-refractivity contribution is -0.903. The lowest BCUT2D eigenvalue weighted by Crippen LogP contribution is -3.14. The lowest BCUT2D eigenvalue weighted by atomic mass is 10.2. The van der Waals surface area contributed by atoms with Crippen molar-refractivity contribution in [1.29, 1.82) is 5.26 Å². The molecule has 1 fully saturated rings. The maximum atomic E-state index is 12.3. The van der Waals surface area contributed by atoms with E-state index in [9.17, 15) is 4.79 Å². The van der Waals surface area contributed by atoms with E-state index < -0.39 is 0 Å². The minimum absolute atomic E-state index is 0.185. The molecule has 3 rings (SSSR count). The first-order chi connectivity index (χ1) is 12.7. The zero-order valence-corrected chi connectivity index (χ0v) is 15.7. The number of amidine groups is 1. The second kappa shape index (κ2) is 8.88. The highest BCUT2D eigenvalue weighted by atomic mass is 32.2. The molecule has 1 aromatic rings. The fourth-order valence-electron chi connectivity index (χ4n) is 3.06. The number of nitrogens with one attached hydrogen (secondary N) is 1. The molecule has 0 aromatic heterocycles. The average Bonchev–Trinajstić information content (AvgIpc) is 3.03. The Morgan fingerprint density at radius 1 is 1.38 bits per heavy atom. The van der Waals surface area contributed by atoms with Crippen LogP contribution in [0.5, 0.6) is 5.75 Å². The Kier molecular flexibility index (Phi) is 6.31. The van der Waals surface area contributed by atoms with Gasteiger partial charge in [0, 0.05) is 5.56 Å². The summed E-state index contributed by atoms with van der Waals surface area (Å²) in [6.07, 6.45) is 2.46. The van der Waals surface area contributed by atoms with Crippen LogP contribution in [0.3, 0.4) is 0 Å². The summed E-state index contributed by atoms with van der Waals surface area (Å²) >= 11 is 1.44. The molecule has 0 atom stereocenters. The van der Waals surface area contributed by atoms with E-state index in [0.29, 0.717) is 17.9 Å². The van der Waals surface area contributed by atoms with Crippen molar-refractivity contribution >= 4 is 28.9 Å². The van der Waals surface area contributed by atoms with Gasteiger partial charge in [-0.25, -0.2) is 0 Å². The number of para-hydroxylation sites is 1. The maximum absolute atomic E-state index is 12.3. The summed E-state index contributed by atoms with van der Waals surface area (Å²) in [5, 5.41) is 9.49. The number of nitrogens with zero attached hydrogens (tertiary/aromatic N) is 3. The van der Waals surface area contributed by atoms with E-state index in [1.54, 1.807) is 0 Å². The molecule has 0 radical (unpaired) electrons. The van der Waals surface area contributed by atoms with Gasteiger partial charge in [0.2, 0.25) is 0 Å². The van der Waals surface area contributed by atoms with Crippen LogP contribution in [-0.4, -0.2) is 55.3 Å². The Labute approximate surface area is 158 Å². The van der Waals surface area contributed by atoms with Gasteiger partial charge in [0.1, 0.15) is 5.75 Å². The van der Waals surface area contributed by atoms with Crippen molar-refractivity contribution in [3.63, 3.8) is 0 Å². The number of carbonyl (C=O) groups is 1. The number of carbonyl (C=O) groups excluding carboxylic acids is 1. The summed E-state index contributed by atoms with van der Waals surface area (Å²) in [5.74, 6) is 0.592. The molecule has 0 bridgehead atoms. The number of hydrogen-bond donors (Lipinski definition) is 1. The number of quaternary nitrogens is 1. The molecule has 26 heavy (non-hydrogen) atoms. The summed E-state index contributed by atoms with van der Waals surface area (Å²) in [4.78, 5) is 20.8. The zero-order valence-electron chi connectivity index (χ0n) is 14.9. The van der Waals surface area contributed by atoms with Crippen molar-refractivity contribution in [2.24, 2.45) is 4.99 Å². The van der Waals surface area contributed by atoms with Crippen LogP contribution < -0.4 is 9.64 Å². The lowest BCUT2D eigenvalue weighted by Gasteiger charge is -2.32. The highest BCUT2D eigenvalue weighted by molar-refractivity contribution is 8.18. The number of hydrogen-bond acceptors (Lipinski definition) is 5. The largest absolute Gasteiger partial charge is 0.493 e. The Balaban J connectivity index is 1.64. The molecule has 0 saturated carbocycles. The highest BCUT2D eigenvalue weighted by Crippen LogP contribution is 2.32. The van der Waals surface area contributed by atoms with Crippen molar-refractivity contribution < 1.29 is 14.4 Å². The summed E-state index contributed by atoms with van der Waals surface area (Å²) in [6, 6.07) is 9.92. The Bertz CT molecular complexity index is 761. The third-order valence-electron chi connectivity index (χ3n) is 4.45. The van der Waals surface area contributed by atoms with Crippen LogP contribution in [-0.2, 0) is 4.79 Å². The third-order valence-corrected chi connectivity index (χ3v) is 5.49. The Hall–Kier alpha value is -2.30. The number of aliphatic imine (C=N–C) groups is 1. The summed E-state index contributed by atoms with van der Waals surface area (Å²) < 4.78 is 5.63. The van der Waals surface area contributed by atoms with Crippen molar-refractivity contribution in [2.45, 2.75) is 13.3 Å². The number of rotatable bonds is 5. The van der Waals surface area contributed by atoms with Crippen LogP contribution in [0.4, 0.5) is 0 Å². The SMILES string of the molecule is CCOc1ccccc1/C=C1/SC(N2CC[NH+](CCC#N)CC2)=NC1=O. The van der Waals surface area contributed by atoms with Crippen LogP contribution in [0.2, 0.25) is 0 Å². The monoisotopic (exact) mass is 371 g/mol. The molecule has 136 valence electrons. The third kappa shape index (κ3) is 4.45. The first kappa shape index (κ1) is 18.5. The van der Waals surface area contributed by atoms with Crippen LogP contribution in [0, 0.1) is 11.3 Å². The number of nitriles is 1. The van der Waals surface area contributed by atoms with Crippen molar-refractivity contribution in [3.05, 3.63) is 34.7 Å². The van der Waals surface area contributed by atoms with E-state index in [1.807, 2.05) is 37.3 Å². The number of ether oxygens (including phenoxy) is 1. The van der Waals surface area contributed by atoms with Gasteiger partial charge in [-0.1, -0.05) is 18.2 Å². The number of amides is 1. The van der Waals surface area contributed by atoms with Gasteiger partial charge in [-0.15, -0.1) is 0 Å². The van der Waals surface area contributed by atoms with Crippen molar-refractivity contribution in [3.8, 4) is 11.8 Å². The van der Waals surface area contributed by atoms with E-state index in [0.717, 1.165) is 49.2 Å². The second-order valence-electron chi connectivity index (χ2n) is 6.18. The minimum Gasteiger partial charge on any atom is -0.493 e. The van der Waals surface area contributed by atoms with Gasteiger partial charge in [0.05, 0.1) is 56.7 Å². The summed E-state index contributed by atoms with van der Waals surface area (Å²) in [5.41, 5.74) is 0.896. The van der Waals surface area contributed by atoms with E-state index >= 15 is 0 Å². The number of piperazine rings is 1. The van der Waals surface area contributed by atoms with Crippen LogP contribution in [0.15, 0.2) is 34.2 Å². The molecule has 1 saturated heterocycles. The molecule has 1 aromatic carbocycles. The zero-order chi connectivity index (χ0) is 18.4. The molecule has 1 amide bonds. The first-order valence-electron chi connectivity index (χ1n) is 8.91. The van der Waals surface area contributed by atoms with Crippen molar-refractivity contribution in [2.75, 3.05) is 39.3 Å². The quantitative estimate of drug-likeness (QED) is 0.787. The normalized spacial score (nSPS) is 19.5. The Morgan fingerprint density at radius 2 is 2.15 bits per heavy atom. The average molecular weight is 371 g/mol. The molecular weight excluding hydrogens is 348 g/mol. The molecular formula is C19H23N4O2S+. The fourth-order valence-corrected chi connectivity index (χ4v) is 4.01. The summed E-state index contributed by atoms with van der Waals surface area (Å²) in [6.45, 7) is 7.09. The van der Waals surface area contributed by atoms with Crippen LogP contribution in [0.25, 0.3) is 6.08 Å². The highest BCUT2D eigenvalue weighted by Gasteiger charge is 2.29.